The van der Waals surface area contributed by atoms with Crippen molar-refractivity contribution in [2.45, 2.75) is 13.3 Å². The lowest BCUT2D eigenvalue weighted by molar-refractivity contribution is 0.188. The Kier molecular flexibility index (Phi) is 4.70. The monoisotopic (exact) mass is 324 g/mol. The second-order valence-corrected chi connectivity index (χ2v) is 8.19. The molecule has 0 amide bonds. The minimum Gasteiger partial charge on any atom is -0.381 e. The molecule has 2 aliphatic heterocycles. The molecule has 2 aliphatic rings. The number of benzene rings is 1. The van der Waals surface area contributed by atoms with Gasteiger partial charge in [-0.2, -0.15) is 4.31 Å². The van der Waals surface area contributed by atoms with E-state index in [-0.39, 0.29) is 11.7 Å². The lowest BCUT2D eigenvalue weighted by Gasteiger charge is -2.36. The van der Waals surface area contributed by atoms with Crippen molar-refractivity contribution in [2.24, 2.45) is 5.92 Å². The summed E-state index contributed by atoms with van der Waals surface area (Å²) >= 11 is 0. The predicted octanol–water partition coefficient (Wildman–Crippen LogP) is 1.48. The van der Waals surface area contributed by atoms with Gasteiger partial charge in [-0.1, -0.05) is 18.2 Å². The van der Waals surface area contributed by atoms with Gasteiger partial charge in [0.25, 0.3) is 0 Å². The Bertz CT molecular complexity index is 604. The van der Waals surface area contributed by atoms with Crippen LogP contribution in [0.2, 0.25) is 0 Å². The largest absolute Gasteiger partial charge is 0.381 e. The van der Waals surface area contributed by atoms with Crippen molar-refractivity contribution < 1.29 is 13.2 Å². The van der Waals surface area contributed by atoms with Gasteiger partial charge in [-0.3, -0.25) is 0 Å². The molecule has 0 aliphatic carbocycles. The maximum absolute atomic E-state index is 12.5. The van der Waals surface area contributed by atoms with Crippen LogP contribution in [0.5, 0.6) is 0 Å². The van der Waals surface area contributed by atoms with Crippen molar-refractivity contribution in [2.75, 3.05) is 50.0 Å². The number of rotatable bonds is 4. The van der Waals surface area contributed by atoms with Crippen LogP contribution in [0.3, 0.4) is 0 Å². The summed E-state index contributed by atoms with van der Waals surface area (Å²) in [6.07, 6.45) is 0.863. The van der Waals surface area contributed by atoms with Crippen LogP contribution >= 0.6 is 0 Å². The summed E-state index contributed by atoms with van der Waals surface area (Å²) in [5.41, 5.74) is 2.45. The van der Waals surface area contributed by atoms with Crippen LogP contribution in [-0.4, -0.2) is 57.9 Å². The first-order valence-corrected chi connectivity index (χ1v) is 9.53. The van der Waals surface area contributed by atoms with Crippen molar-refractivity contribution in [3.8, 4) is 0 Å². The fourth-order valence-corrected chi connectivity index (χ4v) is 5.03. The smallest absolute Gasteiger partial charge is 0.214 e. The number of anilines is 1. The number of aryl methyl sites for hydroxylation is 1. The maximum Gasteiger partial charge on any atom is 0.214 e. The normalized spacial score (nSPS) is 23.9. The SMILES string of the molecule is Cc1ccccc1N1CCN(S(=O)(=O)CC2CCOC2)CC1. The summed E-state index contributed by atoms with van der Waals surface area (Å²) in [5.74, 6) is 0.400. The van der Waals surface area contributed by atoms with E-state index >= 15 is 0 Å². The number of ether oxygens (including phenoxy) is 1. The van der Waals surface area contributed by atoms with Crippen molar-refractivity contribution >= 4 is 15.7 Å². The Morgan fingerprint density at radius 1 is 1.18 bits per heavy atom. The van der Waals surface area contributed by atoms with Crippen LogP contribution in [0.1, 0.15) is 12.0 Å². The number of sulfonamides is 1. The zero-order valence-electron chi connectivity index (χ0n) is 13.1. The molecule has 0 aromatic heterocycles. The molecule has 122 valence electrons. The van der Waals surface area contributed by atoms with E-state index in [1.807, 2.05) is 12.1 Å². The minimum absolute atomic E-state index is 0.166. The summed E-state index contributed by atoms with van der Waals surface area (Å²) in [7, 11) is -3.16. The van der Waals surface area contributed by atoms with Crippen molar-refractivity contribution in [1.82, 2.24) is 4.31 Å². The van der Waals surface area contributed by atoms with E-state index in [0.29, 0.717) is 26.3 Å². The molecule has 0 N–H and O–H groups in total. The second kappa shape index (κ2) is 6.56. The third kappa shape index (κ3) is 3.45. The van der Waals surface area contributed by atoms with Crippen LogP contribution in [-0.2, 0) is 14.8 Å². The van der Waals surface area contributed by atoms with Crippen LogP contribution in [0.4, 0.5) is 5.69 Å². The number of piperazine rings is 1. The molecule has 6 heteroatoms. The maximum atomic E-state index is 12.5. The fourth-order valence-electron chi connectivity index (χ4n) is 3.24. The molecule has 1 aromatic rings. The van der Waals surface area contributed by atoms with Crippen LogP contribution in [0.15, 0.2) is 24.3 Å². The van der Waals surface area contributed by atoms with E-state index in [2.05, 4.69) is 24.0 Å². The molecule has 2 saturated heterocycles. The zero-order chi connectivity index (χ0) is 15.6. The Labute approximate surface area is 132 Å². The highest BCUT2D eigenvalue weighted by Gasteiger charge is 2.31. The van der Waals surface area contributed by atoms with Gasteiger partial charge in [0.1, 0.15) is 0 Å². The Morgan fingerprint density at radius 2 is 1.91 bits per heavy atom. The third-order valence-electron chi connectivity index (χ3n) is 4.56. The van der Waals surface area contributed by atoms with Gasteiger partial charge in [-0.05, 0) is 30.9 Å². The van der Waals surface area contributed by atoms with Gasteiger partial charge in [0.05, 0.1) is 12.4 Å². The number of hydrogen-bond donors (Lipinski definition) is 0. The van der Waals surface area contributed by atoms with Gasteiger partial charge < -0.3 is 9.64 Å². The van der Waals surface area contributed by atoms with Crippen LogP contribution in [0, 0.1) is 12.8 Å². The lowest BCUT2D eigenvalue weighted by Crippen LogP contribution is -2.50. The Morgan fingerprint density at radius 3 is 2.55 bits per heavy atom. The van der Waals surface area contributed by atoms with E-state index in [1.165, 1.54) is 11.3 Å². The van der Waals surface area contributed by atoms with Crippen molar-refractivity contribution in [1.29, 1.82) is 0 Å². The number of nitrogens with zero attached hydrogens (tertiary/aromatic N) is 2. The van der Waals surface area contributed by atoms with Gasteiger partial charge >= 0.3 is 0 Å². The quantitative estimate of drug-likeness (QED) is 0.842. The van der Waals surface area contributed by atoms with Gasteiger partial charge in [-0.15, -0.1) is 0 Å². The molecule has 2 fully saturated rings. The first kappa shape index (κ1) is 15.8. The highest BCUT2D eigenvalue weighted by Crippen LogP contribution is 2.23. The fraction of sp³-hybridized carbons (Fsp3) is 0.625. The molecule has 1 unspecified atom stereocenters. The first-order chi connectivity index (χ1) is 10.6. The number of hydrogen-bond acceptors (Lipinski definition) is 4. The molecule has 22 heavy (non-hydrogen) atoms. The molecule has 3 rings (SSSR count). The topological polar surface area (TPSA) is 49.9 Å². The number of para-hydroxylation sites is 1. The molecule has 0 bridgehead atoms. The predicted molar refractivity (Wildman–Crippen MR) is 87.7 cm³/mol. The Hall–Kier alpha value is -1.11. The standard InChI is InChI=1S/C16H24N2O3S/c1-14-4-2-3-5-16(14)17-7-9-18(10-8-17)22(19,20)13-15-6-11-21-12-15/h2-5,15H,6-13H2,1H3. The summed E-state index contributed by atoms with van der Waals surface area (Å²) in [6, 6.07) is 8.27. The summed E-state index contributed by atoms with van der Waals surface area (Å²) in [6.45, 7) is 6.03. The van der Waals surface area contributed by atoms with Crippen molar-refractivity contribution in [3.05, 3.63) is 29.8 Å². The highest BCUT2D eigenvalue weighted by atomic mass is 32.2. The average Bonchev–Trinajstić information content (AvgIpc) is 3.00. The molecule has 0 spiro atoms. The van der Waals surface area contributed by atoms with E-state index in [9.17, 15) is 8.42 Å². The van der Waals surface area contributed by atoms with Gasteiger partial charge in [0.15, 0.2) is 0 Å². The van der Waals surface area contributed by atoms with Crippen LogP contribution < -0.4 is 4.90 Å². The lowest BCUT2D eigenvalue weighted by atomic mass is 10.1. The van der Waals surface area contributed by atoms with Gasteiger partial charge in [0.2, 0.25) is 10.0 Å². The first-order valence-electron chi connectivity index (χ1n) is 7.92. The molecule has 0 radical (unpaired) electrons. The summed E-state index contributed by atoms with van der Waals surface area (Å²) in [5, 5.41) is 0. The van der Waals surface area contributed by atoms with Gasteiger partial charge in [-0.25, -0.2) is 8.42 Å². The molecule has 1 aromatic carbocycles. The van der Waals surface area contributed by atoms with E-state index in [4.69, 9.17) is 4.74 Å². The average molecular weight is 324 g/mol. The van der Waals surface area contributed by atoms with E-state index in [1.54, 1.807) is 4.31 Å². The molecule has 1 atom stereocenters. The Balaban J connectivity index is 1.60. The third-order valence-corrected chi connectivity index (χ3v) is 6.60. The molecular weight excluding hydrogens is 300 g/mol. The van der Waals surface area contributed by atoms with Gasteiger partial charge in [0, 0.05) is 38.5 Å². The van der Waals surface area contributed by atoms with Crippen LogP contribution in [0.25, 0.3) is 0 Å². The summed E-state index contributed by atoms with van der Waals surface area (Å²) < 4.78 is 31.9. The molecule has 2 heterocycles. The molecule has 5 nitrogen and oxygen atoms in total. The molecule has 0 saturated carbocycles. The summed E-state index contributed by atoms with van der Waals surface area (Å²) in [4.78, 5) is 2.28. The highest BCUT2D eigenvalue weighted by molar-refractivity contribution is 7.89. The van der Waals surface area contributed by atoms with E-state index < -0.39 is 10.0 Å². The zero-order valence-corrected chi connectivity index (χ0v) is 13.9. The molecular formula is C16H24N2O3S. The van der Waals surface area contributed by atoms with Crippen molar-refractivity contribution in [3.63, 3.8) is 0 Å². The van der Waals surface area contributed by atoms with E-state index in [0.717, 1.165) is 19.5 Å². The second-order valence-electron chi connectivity index (χ2n) is 6.18. The minimum atomic E-state index is -3.16.